The van der Waals surface area contributed by atoms with Gasteiger partial charge in [0.1, 0.15) is 11.9 Å². The maximum atomic E-state index is 13.3. The molecule has 17 heavy (non-hydrogen) atoms. The first-order chi connectivity index (χ1) is 7.95. The normalized spacial score (nSPS) is 14.2. The van der Waals surface area contributed by atoms with Gasteiger partial charge in [0.2, 0.25) is 0 Å². The number of esters is 1. The lowest BCUT2D eigenvalue weighted by molar-refractivity contribution is -0.142. The van der Waals surface area contributed by atoms with E-state index in [4.69, 9.17) is 11.6 Å². The average Bonchev–Trinajstić information content (AvgIpc) is 2.31. The Balaban J connectivity index is 2.72. The highest BCUT2D eigenvalue weighted by molar-refractivity contribution is 6.30. The maximum Gasteiger partial charge on any atom is 0.322 e. The van der Waals surface area contributed by atoms with E-state index in [0.29, 0.717) is 0 Å². The Morgan fingerprint density at radius 3 is 2.65 bits per heavy atom. The molecule has 1 aromatic carbocycles. The molecular formula is C12H15ClFNO2. The summed E-state index contributed by atoms with van der Waals surface area (Å²) in [6, 6.07) is 3.94. The predicted molar refractivity (Wildman–Crippen MR) is 64.4 cm³/mol. The first-order valence-corrected chi connectivity index (χ1v) is 5.62. The van der Waals surface area contributed by atoms with Gasteiger partial charge < -0.3 is 4.74 Å². The van der Waals surface area contributed by atoms with Gasteiger partial charge in [-0.2, -0.15) is 0 Å². The third-order valence-electron chi connectivity index (χ3n) is 2.50. The number of halogens is 2. The molecule has 0 bridgehead atoms. The summed E-state index contributed by atoms with van der Waals surface area (Å²) in [7, 11) is 1.33. The Morgan fingerprint density at radius 1 is 1.47 bits per heavy atom. The van der Waals surface area contributed by atoms with Crippen molar-refractivity contribution in [1.29, 1.82) is 0 Å². The van der Waals surface area contributed by atoms with Crippen LogP contribution in [-0.4, -0.2) is 19.1 Å². The van der Waals surface area contributed by atoms with E-state index in [1.54, 1.807) is 13.0 Å². The quantitative estimate of drug-likeness (QED) is 0.845. The molecule has 94 valence electrons. The van der Waals surface area contributed by atoms with Crippen molar-refractivity contribution in [3.8, 4) is 0 Å². The van der Waals surface area contributed by atoms with Crippen molar-refractivity contribution in [2.45, 2.75) is 25.9 Å². The Hall–Kier alpha value is -1.13. The minimum Gasteiger partial charge on any atom is -0.468 e. The van der Waals surface area contributed by atoms with Crippen LogP contribution in [0.25, 0.3) is 0 Å². The van der Waals surface area contributed by atoms with Crippen LogP contribution < -0.4 is 5.32 Å². The number of rotatable bonds is 4. The Kier molecular flexibility index (Phi) is 4.90. The van der Waals surface area contributed by atoms with Gasteiger partial charge in [0.25, 0.3) is 0 Å². The highest BCUT2D eigenvalue weighted by Gasteiger charge is 2.17. The maximum absolute atomic E-state index is 13.3. The summed E-state index contributed by atoms with van der Waals surface area (Å²) >= 11 is 5.59. The van der Waals surface area contributed by atoms with Gasteiger partial charge in [-0.3, -0.25) is 10.1 Å². The molecule has 2 unspecified atom stereocenters. The van der Waals surface area contributed by atoms with Gasteiger partial charge in [0.15, 0.2) is 0 Å². The summed E-state index contributed by atoms with van der Waals surface area (Å²) in [5, 5.41) is 3.09. The lowest BCUT2D eigenvalue weighted by Crippen LogP contribution is -2.36. The van der Waals surface area contributed by atoms with Crippen LogP contribution in [0.2, 0.25) is 5.02 Å². The van der Waals surface area contributed by atoms with Gasteiger partial charge in [-0.15, -0.1) is 0 Å². The molecule has 0 saturated carbocycles. The van der Waals surface area contributed by atoms with Gasteiger partial charge in [0.05, 0.1) is 12.1 Å². The Bertz CT molecular complexity index is 411. The van der Waals surface area contributed by atoms with E-state index in [-0.39, 0.29) is 17.0 Å². The fourth-order valence-electron chi connectivity index (χ4n) is 1.50. The van der Waals surface area contributed by atoms with E-state index in [0.717, 1.165) is 5.56 Å². The minimum atomic E-state index is -0.469. The average molecular weight is 260 g/mol. The van der Waals surface area contributed by atoms with E-state index >= 15 is 0 Å². The van der Waals surface area contributed by atoms with E-state index in [1.165, 1.54) is 19.2 Å². The van der Waals surface area contributed by atoms with Crippen molar-refractivity contribution < 1.29 is 13.9 Å². The van der Waals surface area contributed by atoms with Crippen molar-refractivity contribution in [1.82, 2.24) is 5.32 Å². The molecule has 0 aromatic heterocycles. The van der Waals surface area contributed by atoms with Crippen LogP contribution in [-0.2, 0) is 9.53 Å². The lowest BCUT2D eigenvalue weighted by atomic mass is 10.1. The van der Waals surface area contributed by atoms with Crippen LogP contribution in [0.5, 0.6) is 0 Å². The summed E-state index contributed by atoms with van der Waals surface area (Å²) in [5.74, 6) is -0.824. The molecule has 0 aliphatic carbocycles. The molecule has 1 N–H and O–H groups in total. The minimum absolute atomic E-state index is 0.0852. The zero-order valence-corrected chi connectivity index (χ0v) is 10.7. The van der Waals surface area contributed by atoms with Crippen LogP contribution in [0.4, 0.5) is 4.39 Å². The second-order valence-electron chi connectivity index (χ2n) is 3.81. The number of ether oxygens (including phenoxy) is 1. The molecule has 0 radical (unpaired) electrons. The largest absolute Gasteiger partial charge is 0.468 e. The Labute approximate surface area is 105 Å². The van der Waals surface area contributed by atoms with Crippen LogP contribution in [0.3, 0.4) is 0 Å². The van der Waals surface area contributed by atoms with E-state index in [1.807, 2.05) is 6.92 Å². The third kappa shape index (κ3) is 3.68. The highest BCUT2D eigenvalue weighted by Crippen LogP contribution is 2.20. The highest BCUT2D eigenvalue weighted by atomic mass is 35.5. The van der Waals surface area contributed by atoms with E-state index in [2.05, 4.69) is 10.1 Å². The van der Waals surface area contributed by atoms with E-state index < -0.39 is 11.9 Å². The number of hydrogen-bond donors (Lipinski definition) is 1. The second-order valence-corrected chi connectivity index (χ2v) is 4.21. The molecule has 2 atom stereocenters. The topological polar surface area (TPSA) is 38.3 Å². The zero-order valence-electron chi connectivity index (χ0n) is 9.96. The molecule has 5 heteroatoms. The van der Waals surface area contributed by atoms with Crippen LogP contribution in [0, 0.1) is 5.82 Å². The number of nitrogens with one attached hydrogen (secondary N) is 1. The monoisotopic (exact) mass is 259 g/mol. The molecule has 3 nitrogen and oxygen atoms in total. The number of benzene rings is 1. The summed E-state index contributed by atoms with van der Waals surface area (Å²) in [6.07, 6.45) is 0. The molecule has 0 spiro atoms. The van der Waals surface area contributed by atoms with Gasteiger partial charge in [-0.1, -0.05) is 17.7 Å². The zero-order chi connectivity index (χ0) is 13.0. The van der Waals surface area contributed by atoms with Gasteiger partial charge in [0, 0.05) is 6.04 Å². The number of methoxy groups -OCH3 is 1. The van der Waals surface area contributed by atoms with E-state index in [9.17, 15) is 9.18 Å². The number of hydrogen-bond acceptors (Lipinski definition) is 3. The molecule has 0 aliphatic heterocycles. The SMILES string of the molecule is COC(=O)C(C)NC(C)c1ccc(Cl)c(F)c1. The summed E-state index contributed by atoms with van der Waals surface area (Å²) in [6.45, 7) is 3.52. The van der Waals surface area contributed by atoms with Crippen molar-refractivity contribution in [3.05, 3.63) is 34.6 Å². The summed E-state index contributed by atoms with van der Waals surface area (Å²) < 4.78 is 17.8. The molecule has 0 heterocycles. The number of carbonyl (C=O) groups excluding carboxylic acids is 1. The summed E-state index contributed by atoms with van der Waals surface area (Å²) in [4.78, 5) is 11.2. The van der Waals surface area contributed by atoms with Crippen molar-refractivity contribution >= 4 is 17.6 Å². The van der Waals surface area contributed by atoms with Crippen LogP contribution in [0.15, 0.2) is 18.2 Å². The van der Waals surface area contributed by atoms with Gasteiger partial charge >= 0.3 is 5.97 Å². The van der Waals surface area contributed by atoms with Gasteiger partial charge in [-0.05, 0) is 31.5 Å². The number of carbonyl (C=O) groups is 1. The molecule has 0 fully saturated rings. The molecule has 0 amide bonds. The summed E-state index contributed by atoms with van der Waals surface area (Å²) in [5.41, 5.74) is 0.725. The first-order valence-electron chi connectivity index (χ1n) is 5.24. The van der Waals surface area contributed by atoms with Crippen LogP contribution >= 0.6 is 11.6 Å². The smallest absolute Gasteiger partial charge is 0.322 e. The van der Waals surface area contributed by atoms with Gasteiger partial charge in [-0.25, -0.2) is 4.39 Å². The molecule has 1 aromatic rings. The molecule has 0 aliphatic rings. The molecular weight excluding hydrogens is 245 g/mol. The van der Waals surface area contributed by atoms with Crippen LogP contribution in [0.1, 0.15) is 25.5 Å². The third-order valence-corrected chi connectivity index (χ3v) is 2.80. The first kappa shape index (κ1) is 13.9. The Morgan fingerprint density at radius 2 is 2.12 bits per heavy atom. The molecule has 0 saturated heterocycles. The van der Waals surface area contributed by atoms with Crippen molar-refractivity contribution in [3.63, 3.8) is 0 Å². The fraction of sp³-hybridized carbons (Fsp3) is 0.417. The lowest BCUT2D eigenvalue weighted by Gasteiger charge is -2.18. The predicted octanol–water partition coefficient (Wildman–Crippen LogP) is 2.69. The second kappa shape index (κ2) is 5.98. The van der Waals surface area contributed by atoms with Crippen molar-refractivity contribution in [2.24, 2.45) is 0 Å². The van der Waals surface area contributed by atoms with Crippen molar-refractivity contribution in [2.75, 3.05) is 7.11 Å². The fourth-order valence-corrected chi connectivity index (χ4v) is 1.62. The standard InChI is InChI=1S/C12H15ClFNO2/c1-7(15-8(2)12(16)17-3)9-4-5-10(13)11(14)6-9/h4-8,15H,1-3H3. The molecule has 1 rings (SSSR count).